The molecule has 0 aromatic heterocycles. The first kappa shape index (κ1) is 34.4. The van der Waals surface area contributed by atoms with Gasteiger partial charge in [-0.2, -0.15) is 0 Å². The molecular formula is C26H54O8Si. The Hall–Kier alpha value is -0.553. The van der Waals surface area contributed by atoms with Crippen molar-refractivity contribution < 1.29 is 37.6 Å². The maximum Gasteiger partial charge on any atom is 0.305 e. The first-order chi connectivity index (χ1) is 16.7. The van der Waals surface area contributed by atoms with Crippen LogP contribution in [-0.2, 0) is 37.6 Å². The van der Waals surface area contributed by atoms with E-state index in [2.05, 4.69) is 40.8 Å². The van der Waals surface area contributed by atoms with Gasteiger partial charge in [0.05, 0.1) is 72.7 Å². The van der Waals surface area contributed by atoms with Gasteiger partial charge in [0.1, 0.15) is 6.61 Å². The van der Waals surface area contributed by atoms with Gasteiger partial charge in [-0.1, -0.05) is 53.4 Å². The van der Waals surface area contributed by atoms with Crippen LogP contribution in [-0.4, -0.2) is 93.6 Å². The second-order valence-electron chi connectivity index (χ2n) is 10.1. The Labute approximate surface area is 215 Å². The molecule has 0 rings (SSSR count). The molecule has 0 amide bonds. The molecule has 0 atom stereocenters. The monoisotopic (exact) mass is 522 g/mol. The average molecular weight is 523 g/mol. The van der Waals surface area contributed by atoms with E-state index < -0.39 is 8.32 Å². The quantitative estimate of drug-likeness (QED) is 0.0942. The Morgan fingerprint density at radius 1 is 0.600 bits per heavy atom. The molecule has 0 spiro atoms. The van der Waals surface area contributed by atoms with Crippen molar-refractivity contribution in [3.8, 4) is 0 Å². The molecule has 0 aliphatic heterocycles. The van der Waals surface area contributed by atoms with E-state index in [0.29, 0.717) is 85.7 Å². The number of unbranched alkanes of at least 4 members (excludes halogenated alkanes) is 4. The highest BCUT2D eigenvalue weighted by Gasteiger charge is 2.36. The number of hydrogen-bond donors (Lipinski definition) is 0. The summed E-state index contributed by atoms with van der Waals surface area (Å²) in [6.45, 7) is 19.4. The Kier molecular flexibility index (Phi) is 22.3. The fourth-order valence-corrected chi connectivity index (χ4v) is 3.74. The molecule has 35 heavy (non-hydrogen) atoms. The molecule has 210 valence electrons. The molecule has 0 bridgehead atoms. The van der Waals surface area contributed by atoms with Crippen LogP contribution in [0.25, 0.3) is 0 Å². The molecule has 0 aromatic carbocycles. The highest BCUT2D eigenvalue weighted by atomic mass is 28.4. The second kappa shape index (κ2) is 22.6. The fraction of sp³-hybridized carbons (Fsp3) is 0.962. The molecule has 0 heterocycles. The topological polar surface area (TPSA) is 81.7 Å². The summed E-state index contributed by atoms with van der Waals surface area (Å²) in [4.78, 5) is 11.6. The molecule has 0 fully saturated rings. The first-order valence-electron chi connectivity index (χ1n) is 13.4. The van der Waals surface area contributed by atoms with Crippen LogP contribution in [0.1, 0.15) is 66.2 Å². The number of carbonyl (C=O) groups excluding carboxylic acids is 1. The summed E-state index contributed by atoms with van der Waals surface area (Å²) in [6, 6.07) is 0. The van der Waals surface area contributed by atoms with Gasteiger partial charge in [-0.15, -0.1) is 0 Å². The van der Waals surface area contributed by atoms with Crippen LogP contribution in [0.4, 0.5) is 0 Å². The van der Waals surface area contributed by atoms with Crippen LogP contribution < -0.4 is 0 Å². The summed E-state index contributed by atoms with van der Waals surface area (Å²) in [5.41, 5.74) is 0. The predicted molar refractivity (Wildman–Crippen MR) is 142 cm³/mol. The zero-order valence-corrected chi connectivity index (χ0v) is 24.5. The Balaban J connectivity index is 3.23. The van der Waals surface area contributed by atoms with Gasteiger partial charge >= 0.3 is 5.97 Å². The van der Waals surface area contributed by atoms with E-state index in [-0.39, 0.29) is 11.0 Å². The van der Waals surface area contributed by atoms with Crippen LogP contribution in [0.5, 0.6) is 0 Å². The molecule has 0 unspecified atom stereocenters. The van der Waals surface area contributed by atoms with Crippen molar-refractivity contribution in [1.29, 1.82) is 0 Å². The lowest BCUT2D eigenvalue weighted by Crippen LogP contribution is -2.41. The molecule has 0 saturated carbocycles. The van der Waals surface area contributed by atoms with Crippen LogP contribution in [0, 0.1) is 0 Å². The van der Waals surface area contributed by atoms with Crippen molar-refractivity contribution >= 4 is 14.3 Å². The highest BCUT2D eigenvalue weighted by molar-refractivity contribution is 6.74. The van der Waals surface area contributed by atoms with Crippen molar-refractivity contribution in [2.24, 2.45) is 0 Å². The minimum atomic E-state index is -1.69. The van der Waals surface area contributed by atoms with Gasteiger partial charge in [0.2, 0.25) is 0 Å². The number of carbonyl (C=O) groups is 1. The zero-order chi connectivity index (χ0) is 26.3. The smallest absolute Gasteiger partial charge is 0.305 e. The maximum atomic E-state index is 11.6. The van der Waals surface area contributed by atoms with Gasteiger partial charge in [0.25, 0.3) is 0 Å². The lowest BCUT2D eigenvalue weighted by Gasteiger charge is -2.36. The minimum Gasteiger partial charge on any atom is -0.463 e. The van der Waals surface area contributed by atoms with E-state index in [1.165, 1.54) is 19.3 Å². The summed E-state index contributed by atoms with van der Waals surface area (Å²) in [5, 5.41) is 0.222. The van der Waals surface area contributed by atoms with E-state index in [1.54, 1.807) is 0 Å². The fourth-order valence-electron chi connectivity index (χ4n) is 2.71. The number of hydrogen-bond acceptors (Lipinski definition) is 8. The molecule has 9 heteroatoms. The summed E-state index contributed by atoms with van der Waals surface area (Å²) in [6.07, 6.45) is 6.13. The number of esters is 1. The third-order valence-corrected chi connectivity index (χ3v) is 10.5. The lowest BCUT2D eigenvalue weighted by molar-refractivity contribution is -0.145. The van der Waals surface area contributed by atoms with Gasteiger partial charge in [-0.25, -0.2) is 0 Å². The average Bonchev–Trinajstić information content (AvgIpc) is 2.79. The van der Waals surface area contributed by atoms with Crippen LogP contribution in [0.15, 0.2) is 0 Å². The number of rotatable bonds is 25. The largest absolute Gasteiger partial charge is 0.463 e. The van der Waals surface area contributed by atoms with Crippen molar-refractivity contribution in [2.75, 3.05) is 79.3 Å². The zero-order valence-electron chi connectivity index (χ0n) is 23.5. The third kappa shape index (κ3) is 22.4. The van der Waals surface area contributed by atoms with Crippen molar-refractivity contribution in [1.82, 2.24) is 0 Å². The molecule has 0 radical (unpaired) electrons. The lowest BCUT2D eigenvalue weighted by atomic mass is 10.1. The Morgan fingerprint density at radius 3 is 1.43 bits per heavy atom. The van der Waals surface area contributed by atoms with E-state index in [1.807, 2.05) is 0 Å². The Bertz CT molecular complexity index is 482. The molecule has 0 saturated heterocycles. The maximum absolute atomic E-state index is 11.6. The second-order valence-corrected chi connectivity index (χ2v) is 14.9. The van der Waals surface area contributed by atoms with Gasteiger partial charge in [-0.3, -0.25) is 4.79 Å². The third-order valence-electron chi connectivity index (χ3n) is 5.96. The molecule has 8 nitrogen and oxygen atoms in total. The summed E-state index contributed by atoms with van der Waals surface area (Å²) in [5.74, 6) is -0.137. The Morgan fingerprint density at radius 2 is 1.00 bits per heavy atom. The van der Waals surface area contributed by atoms with Crippen molar-refractivity contribution in [2.45, 2.75) is 84.4 Å². The van der Waals surface area contributed by atoms with Gasteiger partial charge in [-0.05, 0) is 24.6 Å². The van der Waals surface area contributed by atoms with Gasteiger partial charge < -0.3 is 32.8 Å². The van der Waals surface area contributed by atoms with E-state index >= 15 is 0 Å². The normalized spacial score (nSPS) is 12.3. The predicted octanol–water partition coefficient (Wildman–Crippen LogP) is 4.99. The van der Waals surface area contributed by atoms with E-state index in [4.69, 9.17) is 32.8 Å². The standard InChI is InChI=1S/C26H54O8Si/c1-7-8-9-10-11-12-25(27)33-23-21-31-19-17-29-15-13-28-14-16-30-18-20-32-22-24-34-35(5,6)26(2,3)4/h7-24H2,1-6H3. The van der Waals surface area contributed by atoms with E-state index in [0.717, 1.165) is 12.8 Å². The van der Waals surface area contributed by atoms with Gasteiger partial charge in [0.15, 0.2) is 8.32 Å². The number of ether oxygens (including phenoxy) is 6. The molecule has 0 aliphatic carbocycles. The molecule has 0 aromatic rings. The van der Waals surface area contributed by atoms with Crippen molar-refractivity contribution in [3.63, 3.8) is 0 Å². The summed E-state index contributed by atoms with van der Waals surface area (Å²) < 4.78 is 38.6. The minimum absolute atomic E-state index is 0.137. The molecule has 0 N–H and O–H groups in total. The molecule has 0 aliphatic rings. The van der Waals surface area contributed by atoms with Crippen LogP contribution in [0.3, 0.4) is 0 Å². The van der Waals surface area contributed by atoms with Crippen LogP contribution >= 0.6 is 0 Å². The van der Waals surface area contributed by atoms with Gasteiger partial charge in [0, 0.05) is 6.42 Å². The SMILES string of the molecule is CCCCCCCC(=O)OCCOCCOCCOCCOCCOCCO[Si](C)(C)C(C)(C)C. The van der Waals surface area contributed by atoms with Crippen molar-refractivity contribution in [3.05, 3.63) is 0 Å². The van der Waals surface area contributed by atoms with E-state index in [9.17, 15) is 4.79 Å². The van der Waals surface area contributed by atoms with Crippen LogP contribution in [0.2, 0.25) is 18.1 Å². The summed E-state index contributed by atoms with van der Waals surface area (Å²) in [7, 11) is -1.69. The highest BCUT2D eigenvalue weighted by Crippen LogP contribution is 2.36. The first-order valence-corrected chi connectivity index (χ1v) is 16.3. The molecular weight excluding hydrogens is 468 g/mol. The summed E-state index contributed by atoms with van der Waals surface area (Å²) >= 11 is 0.